The van der Waals surface area contributed by atoms with Crippen molar-refractivity contribution in [3.05, 3.63) is 89.6 Å². The van der Waals surface area contributed by atoms with Gasteiger partial charge in [0.2, 0.25) is 0 Å². The van der Waals surface area contributed by atoms with Gasteiger partial charge in [-0.25, -0.2) is 4.79 Å². The molecule has 0 atom stereocenters. The van der Waals surface area contributed by atoms with Crippen molar-refractivity contribution in [3.63, 3.8) is 0 Å². The van der Waals surface area contributed by atoms with Crippen molar-refractivity contribution in [2.24, 2.45) is 0 Å². The first kappa shape index (κ1) is 21.7. The summed E-state index contributed by atoms with van der Waals surface area (Å²) in [7, 11) is 1.36. The van der Waals surface area contributed by atoms with Crippen LogP contribution in [0.3, 0.4) is 0 Å². The van der Waals surface area contributed by atoms with Gasteiger partial charge in [0.1, 0.15) is 5.00 Å². The van der Waals surface area contributed by atoms with Gasteiger partial charge < -0.3 is 15.4 Å². The molecule has 0 saturated heterocycles. The number of aryl methyl sites for hydroxylation is 1. The maximum atomic E-state index is 12.3. The topological polar surface area (TPSA) is 68.2 Å². The third kappa shape index (κ3) is 5.22. The Morgan fingerprint density at radius 3 is 2.56 bits per heavy atom. The summed E-state index contributed by atoms with van der Waals surface area (Å²) in [5.41, 5.74) is 3.85. The average Bonchev–Trinajstić information content (AvgIpc) is 3.42. The monoisotopic (exact) mass is 462 g/mol. The van der Waals surface area contributed by atoms with Gasteiger partial charge in [0.25, 0.3) is 0 Å². The van der Waals surface area contributed by atoms with Crippen LogP contribution in [0.25, 0.3) is 10.4 Å². The number of aromatic nitrogens is 2. The van der Waals surface area contributed by atoms with Gasteiger partial charge in [0.05, 0.1) is 19.2 Å². The minimum atomic E-state index is -0.420. The van der Waals surface area contributed by atoms with E-state index in [-0.39, 0.29) is 0 Å². The zero-order valence-electron chi connectivity index (χ0n) is 17.7. The number of anilines is 2. The predicted molar refractivity (Wildman–Crippen MR) is 133 cm³/mol. The van der Waals surface area contributed by atoms with E-state index in [9.17, 15) is 4.79 Å². The molecular formula is C24H22N4O2S2. The minimum Gasteiger partial charge on any atom is -0.465 e. The molecule has 2 N–H and O–H groups in total. The van der Waals surface area contributed by atoms with Crippen LogP contribution in [-0.4, -0.2) is 28.0 Å². The van der Waals surface area contributed by atoms with Gasteiger partial charge in [-0.3, -0.25) is 4.68 Å². The molecule has 2 aromatic heterocycles. The second-order valence-electron chi connectivity index (χ2n) is 7.17. The average molecular weight is 463 g/mol. The van der Waals surface area contributed by atoms with E-state index in [1.54, 1.807) is 0 Å². The molecule has 0 saturated carbocycles. The number of hydrogen-bond acceptors (Lipinski definition) is 5. The Labute approximate surface area is 195 Å². The van der Waals surface area contributed by atoms with E-state index in [1.807, 2.05) is 53.3 Å². The molecule has 2 heterocycles. The summed E-state index contributed by atoms with van der Waals surface area (Å²) in [5.74, 6) is 0.199. The Morgan fingerprint density at radius 2 is 1.84 bits per heavy atom. The highest BCUT2D eigenvalue weighted by atomic mass is 32.1. The van der Waals surface area contributed by atoms with Crippen LogP contribution < -0.4 is 10.6 Å². The molecule has 162 valence electrons. The van der Waals surface area contributed by atoms with Crippen LogP contribution in [0.1, 0.15) is 21.5 Å². The first-order valence-corrected chi connectivity index (χ1v) is 11.2. The minimum absolute atomic E-state index is 0.345. The summed E-state index contributed by atoms with van der Waals surface area (Å²) < 4.78 is 6.78. The lowest BCUT2D eigenvalue weighted by molar-refractivity contribution is 0.0602. The third-order valence-corrected chi connectivity index (χ3v) is 6.07. The van der Waals surface area contributed by atoms with E-state index in [1.165, 1.54) is 29.6 Å². The molecule has 0 amide bonds. The Hall–Kier alpha value is -3.49. The molecule has 0 radical (unpaired) electrons. The molecule has 0 aliphatic heterocycles. The molecule has 0 aliphatic rings. The Bertz CT molecular complexity index is 1230. The number of methoxy groups -OCH3 is 1. The summed E-state index contributed by atoms with van der Waals surface area (Å²) in [6.07, 6.45) is 1.89. The number of nitrogens with one attached hydrogen (secondary N) is 2. The molecule has 0 spiro atoms. The smallest absolute Gasteiger partial charge is 0.340 e. The van der Waals surface area contributed by atoms with Crippen molar-refractivity contribution < 1.29 is 9.53 Å². The highest BCUT2D eigenvalue weighted by molar-refractivity contribution is 7.80. The molecule has 8 heteroatoms. The first-order chi connectivity index (χ1) is 15.5. The lowest BCUT2D eigenvalue weighted by atomic mass is 10.1. The molecule has 0 aliphatic carbocycles. The van der Waals surface area contributed by atoms with Gasteiger partial charge in [-0.1, -0.05) is 60.2 Å². The van der Waals surface area contributed by atoms with Crippen LogP contribution in [0.4, 0.5) is 10.8 Å². The number of carbonyl (C=O) groups excluding carboxylic acids is 1. The SMILES string of the molecule is COC(=O)c1cc(-c2ccccc2)sc1NC(=S)Nc1ccn(Cc2ccc(C)cc2)n1. The van der Waals surface area contributed by atoms with Crippen molar-refractivity contribution in [2.45, 2.75) is 13.5 Å². The zero-order chi connectivity index (χ0) is 22.5. The van der Waals surface area contributed by atoms with E-state index in [2.05, 4.69) is 46.9 Å². The van der Waals surface area contributed by atoms with Gasteiger partial charge in [-0.15, -0.1) is 11.3 Å². The van der Waals surface area contributed by atoms with E-state index < -0.39 is 5.97 Å². The lowest BCUT2D eigenvalue weighted by Gasteiger charge is -2.08. The van der Waals surface area contributed by atoms with Crippen molar-refractivity contribution in [3.8, 4) is 10.4 Å². The Balaban J connectivity index is 1.46. The van der Waals surface area contributed by atoms with Crippen molar-refractivity contribution >= 4 is 45.5 Å². The standard InChI is InChI=1S/C24H22N4O2S2/c1-16-8-10-17(11-9-16)15-28-13-12-21(27-28)25-24(31)26-22-19(23(29)30-2)14-20(32-22)18-6-4-3-5-7-18/h3-14H,15H2,1-2H3,(H2,25,26,27,31). The summed E-state index contributed by atoms with van der Waals surface area (Å²) in [5, 5.41) is 11.7. The molecule has 2 aromatic carbocycles. The largest absolute Gasteiger partial charge is 0.465 e. The second kappa shape index (κ2) is 9.76. The summed E-state index contributed by atoms with van der Waals surface area (Å²) in [6.45, 7) is 2.73. The molecule has 32 heavy (non-hydrogen) atoms. The van der Waals surface area contributed by atoms with Gasteiger partial charge in [-0.2, -0.15) is 5.10 Å². The number of benzene rings is 2. The molecular weight excluding hydrogens is 440 g/mol. The summed E-state index contributed by atoms with van der Waals surface area (Å²) >= 11 is 6.90. The van der Waals surface area contributed by atoms with Crippen LogP contribution in [0.2, 0.25) is 0 Å². The fourth-order valence-corrected chi connectivity index (χ4v) is 4.46. The molecule has 4 aromatic rings. The van der Waals surface area contributed by atoms with Gasteiger partial charge >= 0.3 is 5.97 Å². The fraction of sp³-hybridized carbons (Fsp3) is 0.125. The molecule has 0 bridgehead atoms. The number of thiophene rings is 1. The Kier molecular flexibility index (Phi) is 6.63. The number of carbonyl (C=O) groups is 1. The summed E-state index contributed by atoms with van der Waals surface area (Å²) in [4.78, 5) is 13.2. The normalized spacial score (nSPS) is 10.6. The highest BCUT2D eigenvalue weighted by Gasteiger charge is 2.18. The molecule has 6 nitrogen and oxygen atoms in total. The van der Waals surface area contributed by atoms with Gasteiger partial charge in [0.15, 0.2) is 10.9 Å². The van der Waals surface area contributed by atoms with E-state index >= 15 is 0 Å². The van der Waals surface area contributed by atoms with Crippen LogP contribution >= 0.6 is 23.6 Å². The van der Waals surface area contributed by atoms with Crippen LogP contribution in [0.5, 0.6) is 0 Å². The predicted octanol–water partition coefficient (Wildman–Crippen LogP) is 5.56. The van der Waals surface area contributed by atoms with Crippen LogP contribution in [-0.2, 0) is 11.3 Å². The summed E-state index contributed by atoms with van der Waals surface area (Å²) in [6, 6.07) is 21.9. The number of esters is 1. The van der Waals surface area contributed by atoms with Crippen molar-refractivity contribution in [1.82, 2.24) is 9.78 Å². The van der Waals surface area contributed by atoms with Crippen molar-refractivity contribution in [2.75, 3.05) is 17.7 Å². The van der Waals surface area contributed by atoms with E-state index in [0.29, 0.717) is 28.0 Å². The van der Waals surface area contributed by atoms with E-state index in [0.717, 1.165) is 10.4 Å². The molecule has 0 fully saturated rings. The Morgan fingerprint density at radius 1 is 1.09 bits per heavy atom. The third-order valence-electron chi connectivity index (χ3n) is 4.77. The highest BCUT2D eigenvalue weighted by Crippen LogP contribution is 2.36. The van der Waals surface area contributed by atoms with Crippen LogP contribution in [0.15, 0.2) is 72.9 Å². The number of nitrogens with zero attached hydrogens (tertiary/aromatic N) is 2. The quantitative estimate of drug-likeness (QED) is 0.289. The first-order valence-electron chi connectivity index (χ1n) is 9.96. The zero-order valence-corrected chi connectivity index (χ0v) is 19.3. The maximum absolute atomic E-state index is 12.3. The number of hydrogen-bond donors (Lipinski definition) is 2. The number of ether oxygens (including phenoxy) is 1. The lowest BCUT2D eigenvalue weighted by Crippen LogP contribution is -2.20. The fourth-order valence-electron chi connectivity index (χ4n) is 3.14. The van der Waals surface area contributed by atoms with Crippen molar-refractivity contribution in [1.29, 1.82) is 0 Å². The number of thiocarbonyl (C=S) groups is 1. The molecule has 4 rings (SSSR count). The number of rotatable bonds is 6. The van der Waals surface area contributed by atoms with Crippen LogP contribution in [0, 0.1) is 6.92 Å². The maximum Gasteiger partial charge on any atom is 0.340 e. The van der Waals surface area contributed by atoms with E-state index in [4.69, 9.17) is 17.0 Å². The van der Waals surface area contributed by atoms with Gasteiger partial charge in [-0.05, 0) is 36.3 Å². The molecule has 0 unspecified atom stereocenters. The van der Waals surface area contributed by atoms with Gasteiger partial charge in [0, 0.05) is 17.1 Å². The second-order valence-corrected chi connectivity index (χ2v) is 8.63.